The summed E-state index contributed by atoms with van der Waals surface area (Å²) >= 11 is 0. The fraction of sp³-hybridized carbons (Fsp3) is 0.421. The molecule has 1 N–H and O–H groups in total. The molecule has 3 aromatic heterocycles. The van der Waals surface area contributed by atoms with Gasteiger partial charge in [-0.1, -0.05) is 0 Å². The number of carbonyl (C=O) groups is 1. The summed E-state index contributed by atoms with van der Waals surface area (Å²) in [5.41, 5.74) is 2.21. The number of rotatable bonds is 4. The van der Waals surface area contributed by atoms with Crippen molar-refractivity contribution >= 4 is 26.8 Å². The molecular formula is C19H20N4O4S. The van der Waals surface area contributed by atoms with E-state index in [1.54, 1.807) is 29.1 Å². The van der Waals surface area contributed by atoms with E-state index < -0.39 is 9.84 Å². The Morgan fingerprint density at radius 2 is 2.14 bits per heavy atom. The van der Waals surface area contributed by atoms with Crippen LogP contribution in [0.4, 0.5) is 0 Å². The van der Waals surface area contributed by atoms with E-state index >= 15 is 0 Å². The van der Waals surface area contributed by atoms with Crippen molar-refractivity contribution in [3.63, 3.8) is 0 Å². The van der Waals surface area contributed by atoms with Crippen LogP contribution in [0.1, 0.15) is 41.4 Å². The molecule has 1 unspecified atom stereocenters. The zero-order chi connectivity index (χ0) is 19.5. The van der Waals surface area contributed by atoms with Crippen LogP contribution in [0.5, 0.6) is 0 Å². The van der Waals surface area contributed by atoms with E-state index in [4.69, 9.17) is 9.40 Å². The number of sulfone groups is 1. The number of aromatic nitrogens is 3. The first-order chi connectivity index (χ1) is 13.4. The lowest BCUT2D eigenvalue weighted by Gasteiger charge is -2.11. The molecular weight excluding hydrogens is 380 g/mol. The summed E-state index contributed by atoms with van der Waals surface area (Å²) in [4.78, 5) is 17.6. The van der Waals surface area contributed by atoms with Crippen molar-refractivity contribution in [2.45, 2.75) is 38.3 Å². The smallest absolute Gasteiger partial charge is 0.252 e. The minimum absolute atomic E-state index is 0.0412. The minimum atomic E-state index is -3.08. The van der Waals surface area contributed by atoms with Crippen molar-refractivity contribution in [3.8, 4) is 11.5 Å². The van der Waals surface area contributed by atoms with E-state index in [9.17, 15) is 13.2 Å². The fourth-order valence-corrected chi connectivity index (χ4v) is 5.45. The molecule has 1 saturated heterocycles. The Morgan fingerprint density at radius 1 is 1.32 bits per heavy atom. The van der Waals surface area contributed by atoms with Crippen LogP contribution < -0.4 is 5.32 Å². The van der Waals surface area contributed by atoms with Gasteiger partial charge in [-0.2, -0.15) is 5.10 Å². The first kappa shape index (κ1) is 17.4. The number of hydrogen-bond acceptors (Lipinski definition) is 6. The first-order valence-electron chi connectivity index (χ1n) is 9.36. The average molecular weight is 400 g/mol. The summed E-state index contributed by atoms with van der Waals surface area (Å²) in [5, 5.41) is 8.26. The summed E-state index contributed by atoms with van der Waals surface area (Å²) in [6, 6.07) is 5.21. The molecule has 1 saturated carbocycles. The van der Waals surface area contributed by atoms with Gasteiger partial charge in [0.05, 0.1) is 40.5 Å². The minimum Gasteiger partial charge on any atom is -0.463 e. The Morgan fingerprint density at radius 3 is 2.79 bits per heavy atom. The molecule has 8 nitrogen and oxygen atoms in total. The molecule has 0 aromatic carbocycles. The van der Waals surface area contributed by atoms with E-state index in [1.165, 1.54) is 0 Å². The number of aryl methyl sites for hydroxylation is 1. The van der Waals surface area contributed by atoms with E-state index in [-0.39, 0.29) is 29.5 Å². The Labute approximate surface area is 161 Å². The molecule has 0 bridgehead atoms. The number of amides is 1. The van der Waals surface area contributed by atoms with Gasteiger partial charge in [0.1, 0.15) is 5.69 Å². The molecule has 2 fully saturated rings. The monoisotopic (exact) mass is 400 g/mol. The van der Waals surface area contributed by atoms with Crippen LogP contribution in [0.25, 0.3) is 22.5 Å². The zero-order valence-electron chi connectivity index (χ0n) is 15.4. The molecule has 1 amide bonds. The third-order valence-corrected chi connectivity index (χ3v) is 7.07. The van der Waals surface area contributed by atoms with E-state index in [0.717, 1.165) is 12.8 Å². The quantitative estimate of drug-likeness (QED) is 0.720. The number of nitrogens with one attached hydrogen (secondary N) is 1. The molecule has 0 radical (unpaired) electrons. The Bertz CT molecular complexity index is 1180. The number of furan rings is 1. The summed E-state index contributed by atoms with van der Waals surface area (Å²) in [6.45, 7) is 1.82. The van der Waals surface area contributed by atoms with E-state index in [0.29, 0.717) is 40.2 Å². The van der Waals surface area contributed by atoms with Gasteiger partial charge >= 0.3 is 0 Å². The molecule has 4 heterocycles. The molecule has 146 valence electrons. The number of carbonyl (C=O) groups excluding carboxylic acids is 1. The molecule has 1 aliphatic heterocycles. The van der Waals surface area contributed by atoms with Gasteiger partial charge in [-0.05, 0) is 44.4 Å². The van der Waals surface area contributed by atoms with Gasteiger partial charge in [0.25, 0.3) is 5.91 Å². The highest BCUT2D eigenvalue weighted by atomic mass is 32.2. The van der Waals surface area contributed by atoms with Gasteiger partial charge in [0, 0.05) is 6.04 Å². The van der Waals surface area contributed by atoms with Crippen LogP contribution in [-0.4, -0.2) is 46.6 Å². The van der Waals surface area contributed by atoms with Crippen molar-refractivity contribution in [1.29, 1.82) is 0 Å². The Hall–Kier alpha value is -2.68. The maximum Gasteiger partial charge on any atom is 0.252 e. The summed E-state index contributed by atoms with van der Waals surface area (Å²) in [7, 11) is -3.08. The molecule has 9 heteroatoms. The summed E-state index contributed by atoms with van der Waals surface area (Å²) < 4.78 is 31.1. The van der Waals surface area contributed by atoms with Crippen LogP contribution in [0.2, 0.25) is 0 Å². The number of pyridine rings is 1. The highest BCUT2D eigenvalue weighted by Gasteiger charge is 2.33. The van der Waals surface area contributed by atoms with Crippen LogP contribution in [0, 0.1) is 6.92 Å². The lowest BCUT2D eigenvalue weighted by atomic mass is 10.1. The lowest BCUT2D eigenvalue weighted by Crippen LogP contribution is -2.25. The van der Waals surface area contributed by atoms with Gasteiger partial charge < -0.3 is 9.73 Å². The highest BCUT2D eigenvalue weighted by Crippen LogP contribution is 2.32. The third-order valence-electron chi connectivity index (χ3n) is 5.32. The van der Waals surface area contributed by atoms with Crippen molar-refractivity contribution in [1.82, 2.24) is 20.1 Å². The third kappa shape index (κ3) is 2.99. The summed E-state index contributed by atoms with van der Waals surface area (Å²) in [5.74, 6) is 0.570. The van der Waals surface area contributed by atoms with Crippen LogP contribution in [0.3, 0.4) is 0 Å². The molecule has 2 aliphatic rings. The molecule has 0 spiro atoms. The van der Waals surface area contributed by atoms with Crippen molar-refractivity contribution in [3.05, 3.63) is 35.7 Å². The predicted octanol–water partition coefficient (Wildman–Crippen LogP) is 2.25. The fourth-order valence-electron chi connectivity index (χ4n) is 3.76. The second kappa shape index (κ2) is 6.16. The topological polar surface area (TPSA) is 107 Å². The Balaban J connectivity index is 1.70. The van der Waals surface area contributed by atoms with Gasteiger partial charge in [0.15, 0.2) is 21.2 Å². The van der Waals surface area contributed by atoms with E-state index in [1.807, 2.05) is 6.92 Å². The van der Waals surface area contributed by atoms with Crippen LogP contribution in [0.15, 0.2) is 28.9 Å². The van der Waals surface area contributed by atoms with Crippen molar-refractivity contribution in [2.75, 3.05) is 11.5 Å². The zero-order valence-corrected chi connectivity index (χ0v) is 16.2. The second-order valence-corrected chi connectivity index (χ2v) is 9.79. The van der Waals surface area contributed by atoms with Gasteiger partial charge in [-0.15, -0.1) is 0 Å². The van der Waals surface area contributed by atoms with Crippen molar-refractivity contribution < 1.29 is 17.6 Å². The maximum atomic E-state index is 12.9. The van der Waals surface area contributed by atoms with Crippen LogP contribution >= 0.6 is 0 Å². The first-order valence-corrected chi connectivity index (χ1v) is 11.2. The maximum absolute atomic E-state index is 12.9. The van der Waals surface area contributed by atoms with Crippen LogP contribution in [-0.2, 0) is 9.84 Å². The van der Waals surface area contributed by atoms with Gasteiger partial charge in [-0.25, -0.2) is 18.1 Å². The molecule has 5 rings (SSSR count). The Kier molecular flexibility index (Phi) is 3.84. The molecule has 3 aromatic rings. The number of nitrogens with zero attached hydrogens (tertiary/aromatic N) is 3. The molecule has 28 heavy (non-hydrogen) atoms. The highest BCUT2D eigenvalue weighted by molar-refractivity contribution is 7.91. The number of hydrogen-bond donors (Lipinski definition) is 1. The second-order valence-electron chi connectivity index (χ2n) is 7.57. The number of fused-ring (bicyclic) bond motifs is 1. The van der Waals surface area contributed by atoms with Gasteiger partial charge in [0.2, 0.25) is 0 Å². The summed E-state index contributed by atoms with van der Waals surface area (Å²) in [6.07, 6.45) is 4.03. The largest absolute Gasteiger partial charge is 0.463 e. The molecule has 1 aliphatic carbocycles. The van der Waals surface area contributed by atoms with Crippen molar-refractivity contribution in [2.24, 2.45) is 0 Å². The van der Waals surface area contributed by atoms with E-state index in [2.05, 4.69) is 10.4 Å². The SMILES string of the molecule is Cc1nn(C2CCS(=O)(=O)C2)c2nc(-c3ccco3)cc(C(=O)NC3CC3)c12. The molecule has 1 atom stereocenters. The standard InChI is InChI=1S/C19H20N4O4S/c1-11-17-14(19(24)20-12-4-5-12)9-15(16-3-2-7-27-16)21-18(17)23(22-11)13-6-8-28(25,26)10-13/h2-3,7,9,12-13H,4-6,8,10H2,1H3,(H,20,24). The predicted molar refractivity (Wildman–Crippen MR) is 103 cm³/mol. The average Bonchev–Trinajstić information content (AvgIpc) is 3.06. The lowest BCUT2D eigenvalue weighted by molar-refractivity contribution is 0.0952. The van der Waals surface area contributed by atoms with Gasteiger partial charge in [-0.3, -0.25) is 4.79 Å². The normalized spacial score (nSPS) is 21.2.